The molecule has 7 heteroatoms. The number of anilines is 1. The SMILES string of the molecule is Cc1cc(COc2ccc(Cl)cc2)c(C)c(C2C(C#N)=C(N)N(c3cccc(Br)c3)C3=C2C(=O)CCC3)c1. The number of hydrogen-bond acceptors (Lipinski definition) is 5. The summed E-state index contributed by atoms with van der Waals surface area (Å²) in [6, 6.07) is 21.5. The van der Waals surface area contributed by atoms with Gasteiger partial charge in [0.2, 0.25) is 0 Å². The van der Waals surface area contributed by atoms with E-state index < -0.39 is 5.92 Å². The molecule has 0 fully saturated rings. The molecule has 0 spiro atoms. The fourth-order valence-corrected chi connectivity index (χ4v) is 5.93. The summed E-state index contributed by atoms with van der Waals surface area (Å²) in [7, 11) is 0. The zero-order valence-electron chi connectivity index (χ0n) is 21.2. The second kappa shape index (κ2) is 10.7. The number of carbonyl (C=O) groups is 1. The lowest BCUT2D eigenvalue weighted by Crippen LogP contribution is -2.39. The summed E-state index contributed by atoms with van der Waals surface area (Å²) >= 11 is 9.55. The maximum absolute atomic E-state index is 13.5. The molecule has 5 nitrogen and oxygen atoms in total. The van der Waals surface area contributed by atoms with Crippen molar-refractivity contribution >= 4 is 39.0 Å². The summed E-state index contributed by atoms with van der Waals surface area (Å²) in [6.45, 7) is 4.39. The lowest BCUT2D eigenvalue weighted by atomic mass is 9.73. The van der Waals surface area contributed by atoms with Gasteiger partial charge in [-0.25, -0.2) is 0 Å². The van der Waals surface area contributed by atoms with Gasteiger partial charge in [0.1, 0.15) is 18.2 Å². The van der Waals surface area contributed by atoms with Gasteiger partial charge in [0.15, 0.2) is 5.78 Å². The number of allylic oxidation sites excluding steroid dienone is 3. The average molecular weight is 589 g/mol. The van der Waals surface area contributed by atoms with Gasteiger partial charge in [-0.3, -0.25) is 9.69 Å². The number of aryl methyl sites for hydroxylation is 1. The second-order valence-corrected chi connectivity index (χ2v) is 11.0. The quantitative estimate of drug-likeness (QED) is 0.332. The Morgan fingerprint density at radius 2 is 1.89 bits per heavy atom. The van der Waals surface area contributed by atoms with E-state index >= 15 is 0 Å². The molecule has 1 atom stereocenters. The Bertz CT molecular complexity index is 1540. The van der Waals surface area contributed by atoms with Crippen molar-refractivity contribution in [3.63, 3.8) is 0 Å². The van der Waals surface area contributed by atoms with Gasteiger partial charge < -0.3 is 10.5 Å². The van der Waals surface area contributed by atoms with E-state index in [2.05, 4.69) is 34.1 Å². The molecule has 38 heavy (non-hydrogen) atoms. The molecule has 0 bridgehead atoms. The Morgan fingerprint density at radius 1 is 1.13 bits per heavy atom. The fraction of sp³-hybridized carbons (Fsp3) is 0.226. The molecular formula is C31H27BrClN3O2. The van der Waals surface area contributed by atoms with Gasteiger partial charge in [0.25, 0.3) is 0 Å². The van der Waals surface area contributed by atoms with E-state index in [1.54, 1.807) is 12.1 Å². The molecule has 192 valence electrons. The topological polar surface area (TPSA) is 79.3 Å². The Morgan fingerprint density at radius 3 is 2.61 bits per heavy atom. The van der Waals surface area contributed by atoms with Crippen LogP contribution < -0.4 is 15.4 Å². The minimum Gasteiger partial charge on any atom is -0.489 e. The van der Waals surface area contributed by atoms with Gasteiger partial charge in [0, 0.05) is 32.9 Å². The normalized spacial score (nSPS) is 17.4. The number of rotatable bonds is 5. The highest BCUT2D eigenvalue weighted by Crippen LogP contribution is 2.47. The van der Waals surface area contributed by atoms with Crippen LogP contribution in [0.4, 0.5) is 5.69 Å². The van der Waals surface area contributed by atoms with Crippen molar-refractivity contribution in [1.29, 1.82) is 5.26 Å². The maximum Gasteiger partial charge on any atom is 0.161 e. The highest BCUT2D eigenvalue weighted by atomic mass is 79.9. The zero-order valence-corrected chi connectivity index (χ0v) is 23.6. The molecule has 2 N–H and O–H groups in total. The summed E-state index contributed by atoms with van der Waals surface area (Å²) in [5.74, 6) is 0.620. The van der Waals surface area contributed by atoms with Crippen molar-refractivity contribution in [3.8, 4) is 11.8 Å². The summed E-state index contributed by atoms with van der Waals surface area (Å²) in [5.41, 5.74) is 13.4. The van der Waals surface area contributed by atoms with E-state index in [1.165, 1.54) is 0 Å². The van der Waals surface area contributed by atoms with Crippen LogP contribution in [0.2, 0.25) is 5.02 Å². The fourth-order valence-electron chi connectivity index (χ4n) is 5.41. The van der Waals surface area contributed by atoms with Crippen molar-refractivity contribution in [3.05, 3.63) is 115 Å². The predicted molar refractivity (Wildman–Crippen MR) is 154 cm³/mol. The molecule has 3 aromatic carbocycles. The largest absolute Gasteiger partial charge is 0.489 e. The van der Waals surface area contributed by atoms with Crippen LogP contribution in [-0.2, 0) is 11.4 Å². The second-order valence-electron chi connectivity index (χ2n) is 9.68. The van der Waals surface area contributed by atoms with Gasteiger partial charge >= 0.3 is 0 Å². The Hall–Kier alpha value is -3.53. The number of nitrogens with two attached hydrogens (primary N) is 1. The molecule has 0 radical (unpaired) electrons. The van der Waals surface area contributed by atoms with Crippen LogP contribution in [0.1, 0.15) is 47.4 Å². The molecule has 1 unspecified atom stereocenters. The molecule has 0 amide bonds. The third-order valence-electron chi connectivity index (χ3n) is 7.20. The average Bonchev–Trinajstić information content (AvgIpc) is 2.89. The van der Waals surface area contributed by atoms with E-state index in [9.17, 15) is 10.1 Å². The molecule has 1 aliphatic carbocycles. The Balaban J connectivity index is 1.63. The molecule has 2 aliphatic rings. The Kier molecular flexibility index (Phi) is 7.34. The van der Waals surface area contributed by atoms with E-state index in [0.717, 1.165) is 44.5 Å². The van der Waals surface area contributed by atoms with Gasteiger partial charge in [0.05, 0.1) is 17.6 Å². The molecule has 5 rings (SSSR count). The minimum atomic E-state index is -0.527. The zero-order chi connectivity index (χ0) is 27.0. The maximum atomic E-state index is 13.5. The van der Waals surface area contributed by atoms with Gasteiger partial charge in [-0.2, -0.15) is 5.26 Å². The standard InChI is InChI=1S/C31H27BrClN3O2/c1-18-13-20(17-38-24-11-9-22(33)10-12-24)19(2)25(14-18)29-26(16-34)31(35)36(23-6-3-5-21(32)15-23)27-7-4-8-28(37)30(27)29/h3,5-6,9-15,29H,4,7-8,17,35H2,1-2H3. The van der Waals surface area contributed by atoms with Crippen LogP contribution in [0.3, 0.4) is 0 Å². The first-order valence-corrected chi connectivity index (χ1v) is 13.7. The number of benzene rings is 3. The first kappa shape index (κ1) is 26.1. The van der Waals surface area contributed by atoms with E-state index in [4.69, 9.17) is 22.1 Å². The van der Waals surface area contributed by atoms with Crippen molar-refractivity contribution in [1.82, 2.24) is 0 Å². The van der Waals surface area contributed by atoms with E-state index in [1.807, 2.05) is 55.1 Å². The first-order valence-electron chi connectivity index (χ1n) is 12.5. The predicted octanol–water partition coefficient (Wildman–Crippen LogP) is 7.60. The molecule has 1 heterocycles. The number of carbonyl (C=O) groups excluding carboxylic acids is 1. The molecule has 0 saturated heterocycles. The van der Waals surface area contributed by atoms with Crippen molar-refractivity contribution in [2.24, 2.45) is 5.73 Å². The lowest BCUT2D eigenvalue weighted by Gasteiger charge is -2.40. The Labute approximate surface area is 236 Å². The summed E-state index contributed by atoms with van der Waals surface area (Å²) in [4.78, 5) is 15.4. The van der Waals surface area contributed by atoms with Gasteiger partial charge in [-0.15, -0.1) is 0 Å². The minimum absolute atomic E-state index is 0.0661. The van der Waals surface area contributed by atoms with Gasteiger partial charge in [-0.1, -0.05) is 51.3 Å². The van der Waals surface area contributed by atoms with Crippen molar-refractivity contribution < 1.29 is 9.53 Å². The van der Waals surface area contributed by atoms with Crippen molar-refractivity contribution in [2.45, 2.75) is 45.6 Å². The molecule has 1 aliphatic heterocycles. The molecule has 0 saturated carbocycles. The lowest BCUT2D eigenvalue weighted by molar-refractivity contribution is -0.116. The number of ketones is 1. The summed E-state index contributed by atoms with van der Waals surface area (Å²) < 4.78 is 6.96. The smallest absolute Gasteiger partial charge is 0.161 e. The van der Waals surface area contributed by atoms with E-state index in [0.29, 0.717) is 47.2 Å². The third kappa shape index (κ3) is 4.84. The van der Waals surface area contributed by atoms with E-state index in [-0.39, 0.29) is 5.78 Å². The van der Waals surface area contributed by atoms with Crippen LogP contribution >= 0.6 is 27.5 Å². The molecule has 0 aromatic heterocycles. The number of nitrogens with zero attached hydrogens (tertiary/aromatic N) is 2. The van der Waals surface area contributed by atoms with Crippen LogP contribution in [0.25, 0.3) is 0 Å². The number of halogens is 2. The number of ether oxygens (including phenoxy) is 1. The van der Waals surface area contributed by atoms with Gasteiger partial charge in [-0.05, 0) is 85.8 Å². The van der Waals surface area contributed by atoms with Crippen LogP contribution in [-0.4, -0.2) is 5.78 Å². The number of hydrogen-bond donors (Lipinski definition) is 1. The van der Waals surface area contributed by atoms with Crippen molar-refractivity contribution in [2.75, 3.05) is 4.90 Å². The van der Waals surface area contributed by atoms with Crippen LogP contribution in [0.15, 0.2) is 87.8 Å². The molecular weight excluding hydrogens is 562 g/mol. The highest BCUT2D eigenvalue weighted by Gasteiger charge is 2.41. The summed E-state index contributed by atoms with van der Waals surface area (Å²) in [6.07, 6.45) is 1.91. The monoisotopic (exact) mass is 587 g/mol. The number of nitriles is 1. The summed E-state index contributed by atoms with van der Waals surface area (Å²) in [5, 5.41) is 11.0. The number of Topliss-reactive ketones (excluding diaryl/α,β-unsaturated/α-hetero) is 1. The third-order valence-corrected chi connectivity index (χ3v) is 7.94. The molecule has 3 aromatic rings. The first-order chi connectivity index (χ1) is 18.3. The van der Waals surface area contributed by atoms with Crippen LogP contribution in [0, 0.1) is 25.2 Å². The van der Waals surface area contributed by atoms with Crippen LogP contribution in [0.5, 0.6) is 5.75 Å². The highest BCUT2D eigenvalue weighted by molar-refractivity contribution is 9.10.